The second-order valence-electron chi connectivity index (χ2n) is 3.21. The van der Waals surface area contributed by atoms with Crippen LogP contribution in [0.1, 0.15) is 19.8 Å². The summed E-state index contributed by atoms with van der Waals surface area (Å²) in [5, 5.41) is 11.4. The van der Waals surface area contributed by atoms with E-state index in [4.69, 9.17) is 5.26 Å². The number of ether oxygens (including phenoxy) is 1. The van der Waals surface area contributed by atoms with Crippen molar-refractivity contribution < 1.29 is 9.53 Å². The molecule has 0 heterocycles. The molecule has 66 valence electrons. The monoisotopic (exact) mass is 168 g/mol. The van der Waals surface area contributed by atoms with Crippen molar-refractivity contribution in [2.24, 2.45) is 5.92 Å². The van der Waals surface area contributed by atoms with Gasteiger partial charge in [0, 0.05) is 0 Å². The molecule has 1 aliphatic rings. The van der Waals surface area contributed by atoms with E-state index in [2.05, 4.69) is 16.1 Å². The van der Waals surface area contributed by atoms with Crippen LogP contribution in [0.2, 0.25) is 0 Å². The van der Waals surface area contributed by atoms with Gasteiger partial charge in [-0.3, -0.25) is 0 Å². The highest BCUT2D eigenvalue weighted by Gasteiger charge is 2.43. The fourth-order valence-corrected chi connectivity index (χ4v) is 1.15. The number of hydrogen-bond acceptors (Lipinski definition) is 3. The van der Waals surface area contributed by atoms with Gasteiger partial charge < -0.3 is 10.1 Å². The zero-order valence-corrected chi connectivity index (χ0v) is 7.26. The number of nitriles is 1. The van der Waals surface area contributed by atoms with Gasteiger partial charge in [-0.15, -0.1) is 0 Å². The molecule has 0 aromatic carbocycles. The molecule has 0 aliphatic heterocycles. The van der Waals surface area contributed by atoms with E-state index in [1.807, 2.05) is 0 Å². The Labute approximate surface area is 71.5 Å². The van der Waals surface area contributed by atoms with Gasteiger partial charge in [-0.2, -0.15) is 5.26 Å². The van der Waals surface area contributed by atoms with Crippen molar-refractivity contribution in [3.63, 3.8) is 0 Å². The van der Waals surface area contributed by atoms with E-state index in [0.29, 0.717) is 5.92 Å². The Balaban J connectivity index is 2.56. The van der Waals surface area contributed by atoms with Crippen LogP contribution < -0.4 is 5.32 Å². The average molecular weight is 168 g/mol. The normalized spacial score (nSPS) is 20.4. The fourth-order valence-electron chi connectivity index (χ4n) is 1.15. The molecule has 4 heteroatoms. The van der Waals surface area contributed by atoms with Crippen molar-refractivity contribution in [2.45, 2.75) is 25.3 Å². The lowest BCUT2D eigenvalue weighted by molar-refractivity contribution is 0.160. The molecular formula is C8H12N2O2. The van der Waals surface area contributed by atoms with Gasteiger partial charge in [0.15, 0.2) is 0 Å². The molecule has 0 bridgehead atoms. The van der Waals surface area contributed by atoms with Gasteiger partial charge in [-0.1, -0.05) is 0 Å². The molecule has 1 atom stereocenters. The van der Waals surface area contributed by atoms with Crippen LogP contribution in [0.3, 0.4) is 0 Å². The predicted octanol–water partition coefficient (Wildman–Crippen LogP) is 1.03. The summed E-state index contributed by atoms with van der Waals surface area (Å²) >= 11 is 0. The molecule has 1 aliphatic carbocycles. The molecule has 0 aromatic rings. The first kappa shape index (κ1) is 8.85. The fraction of sp³-hybridized carbons (Fsp3) is 0.750. The molecule has 4 nitrogen and oxygen atoms in total. The molecule has 0 saturated heterocycles. The second kappa shape index (κ2) is 3.02. The Morgan fingerprint density at radius 3 is 2.67 bits per heavy atom. The van der Waals surface area contributed by atoms with E-state index in [0.717, 1.165) is 12.8 Å². The van der Waals surface area contributed by atoms with Gasteiger partial charge in [0.1, 0.15) is 5.54 Å². The predicted molar refractivity (Wildman–Crippen MR) is 42.3 cm³/mol. The Hall–Kier alpha value is -1.24. The summed E-state index contributed by atoms with van der Waals surface area (Å²) in [5.41, 5.74) is -0.743. The number of carbonyl (C=O) groups excluding carboxylic acids is 1. The molecule has 0 radical (unpaired) electrons. The van der Waals surface area contributed by atoms with Gasteiger partial charge in [-0.05, 0) is 25.7 Å². The molecule has 0 spiro atoms. The van der Waals surface area contributed by atoms with Crippen molar-refractivity contribution in [3.8, 4) is 6.07 Å². The molecule has 1 N–H and O–H groups in total. The van der Waals surface area contributed by atoms with E-state index in [1.54, 1.807) is 6.92 Å². The molecule has 1 unspecified atom stereocenters. The zero-order chi connectivity index (χ0) is 9.19. The standard InChI is InChI=1S/C8H12N2O2/c1-8(5-9,6-3-4-6)10-7(11)12-2/h6H,3-4H2,1-2H3,(H,10,11). The Bertz CT molecular complexity index is 230. The smallest absolute Gasteiger partial charge is 0.408 e. The van der Waals surface area contributed by atoms with E-state index in [1.165, 1.54) is 7.11 Å². The van der Waals surface area contributed by atoms with Crippen LogP contribution in [0.25, 0.3) is 0 Å². The topological polar surface area (TPSA) is 62.1 Å². The third-order valence-electron chi connectivity index (χ3n) is 2.17. The lowest BCUT2D eigenvalue weighted by Gasteiger charge is -2.21. The molecule has 1 amide bonds. The summed E-state index contributed by atoms with van der Waals surface area (Å²) in [5.74, 6) is 0.293. The maximum atomic E-state index is 10.8. The summed E-state index contributed by atoms with van der Waals surface area (Å²) in [6, 6.07) is 2.09. The third kappa shape index (κ3) is 1.67. The Kier molecular flexibility index (Phi) is 2.22. The number of hydrogen-bond donors (Lipinski definition) is 1. The number of amides is 1. The van der Waals surface area contributed by atoms with Crippen LogP contribution >= 0.6 is 0 Å². The number of methoxy groups -OCH3 is 1. The first-order valence-electron chi connectivity index (χ1n) is 3.90. The lowest BCUT2D eigenvalue weighted by Crippen LogP contribution is -2.46. The molecule has 1 saturated carbocycles. The minimum atomic E-state index is -0.743. The number of rotatable bonds is 2. The summed E-state index contributed by atoms with van der Waals surface area (Å²) in [6.07, 6.45) is 1.48. The summed E-state index contributed by atoms with van der Waals surface area (Å²) < 4.78 is 4.42. The Morgan fingerprint density at radius 2 is 2.33 bits per heavy atom. The van der Waals surface area contributed by atoms with Crippen LogP contribution in [0.4, 0.5) is 4.79 Å². The SMILES string of the molecule is COC(=O)NC(C)(C#N)C1CC1. The van der Waals surface area contributed by atoms with Crippen molar-refractivity contribution in [2.75, 3.05) is 7.11 Å². The molecule has 1 fully saturated rings. The third-order valence-corrected chi connectivity index (χ3v) is 2.17. The van der Waals surface area contributed by atoms with Gasteiger partial charge in [0.2, 0.25) is 0 Å². The largest absolute Gasteiger partial charge is 0.453 e. The zero-order valence-electron chi connectivity index (χ0n) is 7.26. The molecule has 1 rings (SSSR count). The summed E-state index contributed by atoms with van der Waals surface area (Å²) in [7, 11) is 1.29. The quantitative estimate of drug-likeness (QED) is 0.670. The molecular weight excluding hydrogens is 156 g/mol. The van der Waals surface area contributed by atoms with Crippen molar-refractivity contribution in [1.82, 2.24) is 5.32 Å². The highest BCUT2D eigenvalue weighted by molar-refractivity contribution is 5.68. The minimum absolute atomic E-state index is 0.293. The average Bonchev–Trinajstić information content (AvgIpc) is 2.86. The first-order valence-corrected chi connectivity index (χ1v) is 3.90. The number of nitrogens with one attached hydrogen (secondary N) is 1. The summed E-state index contributed by atoms with van der Waals surface area (Å²) in [4.78, 5) is 10.8. The van der Waals surface area contributed by atoms with Crippen LogP contribution in [0, 0.1) is 17.2 Å². The molecule has 0 aromatic heterocycles. The first-order chi connectivity index (χ1) is 5.62. The lowest BCUT2D eigenvalue weighted by atomic mass is 9.98. The van der Waals surface area contributed by atoms with E-state index >= 15 is 0 Å². The number of carbonyl (C=O) groups is 1. The number of nitrogens with zero attached hydrogens (tertiary/aromatic N) is 1. The van der Waals surface area contributed by atoms with Crippen molar-refractivity contribution in [3.05, 3.63) is 0 Å². The summed E-state index contributed by atoms with van der Waals surface area (Å²) in [6.45, 7) is 1.72. The van der Waals surface area contributed by atoms with Crippen LogP contribution in [0.15, 0.2) is 0 Å². The maximum absolute atomic E-state index is 10.8. The van der Waals surface area contributed by atoms with Crippen LogP contribution in [0.5, 0.6) is 0 Å². The second-order valence-corrected chi connectivity index (χ2v) is 3.21. The molecule has 12 heavy (non-hydrogen) atoms. The number of alkyl carbamates (subject to hydrolysis) is 1. The van der Waals surface area contributed by atoms with Gasteiger partial charge >= 0.3 is 6.09 Å². The minimum Gasteiger partial charge on any atom is -0.453 e. The van der Waals surface area contributed by atoms with Crippen molar-refractivity contribution >= 4 is 6.09 Å². The van der Waals surface area contributed by atoms with Crippen molar-refractivity contribution in [1.29, 1.82) is 5.26 Å². The van der Waals surface area contributed by atoms with Crippen LogP contribution in [-0.2, 0) is 4.74 Å². The van der Waals surface area contributed by atoms with E-state index in [9.17, 15) is 4.79 Å². The van der Waals surface area contributed by atoms with E-state index in [-0.39, 0.29) is 0 Å². The highest BCUT2D eigenvalue weighted by atomic mass is 16.5. The Morgan fingerprint density at radius 1 is 1.75 bits per heavy atom. The van der Waals surface area contributed by atoms with E-state index < -0.39 is 11.6 Å². The highest BCUT2D eigenvalue weighted by Crippen LogP contribution is 2.39. The maximum Gasteiger partial charge on any atom is 0.408 e. The van der Waals surface area contributed by atoms with Gasteiger partial charge in [0.05, 0.1) is 13.2 Å². The van der Waals surface area contributed by atoms with Crippen LogP contribution in [-0.4, -0.2) is 18.7 Å². The van der Waals surface area contributed by atoms with Gasteiger partial charge in [0.25, 0.3) is 0 Å². The van der Waals surface area contributed by atoms with Gasteiger partial charge in [-0.25, -0.2) is 4.79 Å².